The second kappa shape index (κ2) is 12.5. The summed E-state index contributed by atoms with van der Waals surface area (Å²) in [4.78, 5) is 33.1. The number of rotatable bonds is 7. The Morgan fingerprint density at radius 1 is 0.692 bits per heavy atom. The molecule has 0 unspecified atom stereocenters. The van der Waals surface area contributed by atoms with E-state index in [1.165, 1.54) is 44.2 Å². The van der Waals surface area contributed by atoms with Gasteiger partial charge in [-0.05, 0) is 30.3 Å². The lowest BCUT2D eigenvalue weighted by atomic mass is 9.91. The molecular weight excluding hydrogens is 707 g/mol. The quantitative estimate of drug-likeness (QED) is 0.116. The van der Waals surface area contributed by atoms with Crippen molar-refractivity contribution in [2.45, 2.75) is 52.4 Å². The standard InChI is InChI=1S/C32H31N15O3S2/c1-31(2,3)21-19(40-42-29-35-15-9-7-8-10-17(15)51-29)23(33)46(44-21)26-37-27(39-28(50)38-26)47-24(34)20(22(45-47)32(4,5)6)41-43-30-36-16-12-11-14(25(48)49)13-18(16)52-30/h7-13H,33-34H2,1-6H3,(H,48,49)(H,37,38,39,50). The number of hydrogen-bond acceptors (Lipinski definition) is 17. The minimum atomic E-state index is -1.04. The number of hydrogen-bond donors (Lipinski definition) is 4. The van der Waals surface area contributed by atoms with E-state index in [2.05, 4.69) is 55.6 Å². The van der Waals surface area contributed by atoms with Gasteiger partial charge in [0.1, 0.15) is 0 Å². The average Bonchev–Trinajstić information content (AvgIpc) is 3.84. The molecule has 0 aliphatic heterocycles. The van der Waals surface area contributed by atoms with Crippen molar-refractivity contribution in [2.75, 3.05) is 11.5 Å². The van der Waals surface area contributed by atoms with Crippen LogP contribution < -0.4 is 11.5 Å². The first-order chi connectivity index (χ1) is 24.6. The summed E-state index contributed by atoms with van der Waals surface area (Å²) in [7, 11) is 0. The number of thiazole rings is 2. The van der Waals surface area contributed by atoms with Crippen molar-refractivity contribution in [3.63, 3.8) is 0 Å². The lowest BCUT2D eigenvalue weighted by Gasteiger charge is -2.15. The van der Waals surface area contributed by atoms with Gasteiger partial charge in [-0.1, -0.05) is 76.3 Å². The van der Waals surface area contributed by atoms with E-state index in [1.54, 1.807) is 6.07 Å². The van der Waals surface area contributed by atoms with Gasteiger partial charge in [0.2, 0.25) is 10.3 Å². The van der Waals surface area contributed by atoms with Crippen LogP contribution in [0, 0.1) is 0 Å². The molecule has 264 valence electrons. The Hall–Kier alpha value is -6.28. The van der Waals surface area contributed by atoms with Crippen molar-refractivity contribution in [3.8, 4) is 17.9 Å². The fraction of sp³-hybridized carbons (Fsp3) is 0.250. The molecule has 18 nitrogen and oxygen atoms in total. The fourth-order valence-corrected chi connectivity index (χ4v) is 6.68. The zero-order chi connectivity index (χ0) is 37.1. The minimum absolute atomic E-state index is 0.0219. The number of fused-ring (bicyclic) bond motifs is 2. The fourth-order valence-electron chi connectivity index (χ4n) is 5.07. The topological polar surface area (TPSA) is 259 Å². The van der Waals surface area contributed by atoms with Gasteiger partial charge < -0.3 is 21.7 Å². The molecule has 7 rings (SSSR count). The molecule has 5 heterocycles. The van der Waals surface area contributed by atoms with Crippen molar-refractivity contribution in [1.82, 2.24) is 44.5 Å². The third kappa shape index (κ3) is 6.39. The predicted octanol–water partition coefficient (Wildman–Crippen LogP) is 7.46. The molecule has 5 aromatic heterocycles. The molecule has 0 amide bonds. The molecule has 0 fully saturated rings. The zero-order valence-electron chi connectivity index (χ0n) is 28.6. The number of aromatic carboxylic acids is 1. The number of anilines is 2. The number of nitrogen functional groups attached to an aromatic ring is 2. The zero-order valence-corrected chi connectivity index (χ0v) is 30.3. The number of nitrogens with two attached hydrogens (primary N) is 2. The molecule has 2 aromatic carbocycles. The second-order valence-electron chi connectivity index (χ2n) is 13.6. The Morgan fingerprint density at radius 2 is 1.19 bits per heavy atom. The van der Waals surface area contributed by atoms with Crippen LogP contribution in [0.2, 0.25) is 0 Å². The third-order valence-corrected chi connectivity index (χ3v) is 9.39. The molecule has 6 N–H and O–H groups in total. The SMILES string of the molecule is CC(C)(C)c1nn(-c2nc(O)nc(-n3nc(C(C)(C)C)c(N=Nc4nc5ccc(C(=O)O)cc5s4)c3N)n2)c(N)c1N=Nc1nc2ccccc2s1. The van der Waals surface area contributed by atoms with E-state index in [1.807, 2.05) is 65.8 Å². The Bertz CT molecular complexity index is 2550. The highest BCUT2D eigenvalue weighted by Crippen LogP contribution is 2.40. The molecular formula is C32H31N15O3S2. The van der Waals surface area contributed by atoms with Crippen molar-refractivity contribution in [1.29, 1.82) is 0 Å². The molecule has 0 bridgehead atoms. The maximum atomic E-state index is 11.4. The number of nitrogens with zero attached hydrogens (tertiary/aromatic N) is 13. The van der Waals surface area contributed by atoms with E-state index in [0.29, 0.717) is 32.4 Å². The highest BCUT2D eigenvalue weighted by molar-refractivity contribution is 7.22. The van der Waals surface area contributed by atoms with Crippen molar-refractivity contribution in [3.05, 3.63) is 59.4 Å². The van der Waals surface area contributed by atoms with E-state index in [0.717, 1.165) is 10.2 Å². The van der Waals surface area contributed by atoms with Crippen molar-refractivity contribution >= 4 is 82.3 Å². The van der Waals surface area contributed by atoms with E-state index < -0.39 is 22.8 Å². The van der Waals surface area contributed by atoms with Crippen LogP contribution in [0.3, 0.4) is 0 Å². The van der Waals surface area contributed by atoms with Crippen LogP contribution in [0.15, 0.2) is 62.9 Å². The molecule has 7 aromatic rings. The Kier molecular flexibility index (Phi) is 8.21. The average molecular weight is 738 g/mol. The molecule has 0 aliphatic rings. The highest BCUT2D eigenvalue weighted by atomic mass is 32.1. The van der Waals surface area contributed by atoms with Crippen LogP contribution >= 0.6 is 22.7 Å². The van der Waals surface area contributed by atoms with Gasteiger partial charge in [0.05, 0.1) is 37.4 Å². The van der Waals surface area contributed by atoms with Crippen molar-refractivity contribution in [2.24, 2.45) is 20.5 Å². The number of carboxylic acid groups (broad SMARTS) is 1. The summed E-state index contributed by atoms with van der Waals surface area (Å²) in [6.45, 7) is 11.6. The number of aromatic nitrogens is 9. The third-order valence-electron chi connectivity index (χ3n) is 7.57. The lowest BCUT2D eigenvalue weighted by molar-refractivity contribution is 0.0697. The number of benzene rings is 2. The number of para-hydroxylation sites is 1. The van der Waals surface area contributed by atoms with Gasteiger partial charge in [0.15, 0.2) is 23.0 Å². The van der Waals surface area contributed by atoms with Gasteiger partial charge in [-0.15, -0.1) is 20.5 Å². The molecule has 52 heavy (non-hydrogen) atoms. The number of carbonyl (C=O) groups is 1. The molecule has 0 atom stereocenters. The summed E-state index contributed by atoms with van der Waals surface area (Å²) in [5, 5.41) is 47.7. The summed E-state index contributed by atoms with van der Waals surface area (Å²) >= 11 is 2.56. The smallest absolute Gasteiger partial charge is 0.335 e. The van der Waals surface area contributed by atoms with Gasteiger partial charge in [0, 0.05) is 10.8 Å². The molecule has 0 spiro atoms. The minimum Gasteiger partial charge on any atom is -0.479 e. The van der Waals surface area contributed by atoms with Crippen LogP contribution in [0.25, 0.3) is 32.3 Å². The molecule has 0 saturated heterocycles. The molecule has 0 saturated carbocycles. The summed E-state index contributed by atoms with van der Waals surface area (Å²) in [5.74, 6) is -1.22. The van der Waals surface area contributed by atoms with Gasteiger partial charge >= 0.3 is 12.0 Å². The van der Waals surface area contributed by atoms with Crippen LogP contribution in [0.4, 0.5) is 33.3 Å². The molecule has 0 aliphatic carbocycles. The van der Waals surface area contributed by atoms with Crippen molar-refractivity contribution < 1.29 is 15.0 Å². The lowest BCUT2D eigenvalue weighted by Crippen LogP contribution is -2.16. The van der Waals surface area contributed by atoms with Gasteiger partial charge in [-0.3, -0.25) is 0 Å². The largest absolute Gasteiger partial charge is 0.479 e. The van der Waals surface area contributed by atoms with Crippen LogP contribution in [0.1, 0.15) is 63.3 Å². The van der Waals surface area contributed by atoms with E-state index >= 15 is 0 Å². The molecule has 20 heteroatoms. The maximum Gasteiger partial charge on any atom is 0.335 e. The Labute approximate surface area is 302 Å². The molecule has 0 radical (unpaired) electrons. The number of carboxylic acids is 1. The first-order valence-corrected chi connectivity index (χ1v) is 17.3. The van der Waals surface area contributed by atoms with Crippen LogP contribution in [-0.4, -0.2) is 60.7 Å². The van der Waals surface area contributed by atoms with E-state index in [9.17, 15) is 15.0 Å². The summed E-state index contributed by atoms with van der Waals surface area (Å²) < 4.78 is 4.06. The van der Waals surface area contributed by atoms with Gasteiger partial charge in [-0.25, -0.2) is 14.8 Å². The number of aromatic hydroxyl groups is 1. The normalized spacial score (nSPS) is 12.7. The Balaban J connectivity index is 1.28. The summed E-state index contributed by atoms with van der Waals surface area (Å²) in [6, 6.07) is 11.6. The van der Waals surface area contributed by atoms with Crippen LogP contribution in [0.5, 0.6) is 6.01 Å². The van der Waals surface area contributed by atoms with Crippen LogP contribution in [-0.2, 0) is 10.8 Å². The van der Waals surface area contributed by atoms with Gasteiger partial charge in [-0.2, -0.15) is 34.5 Å². The number of azo groups is 2. The van der Waals surface area contributed by atoms with Gasteiger partial charge in [0.25, 0.3) is 11.9 Å². The monoisotopic (exact) mass is 737 g/mol. The maximum absolute atomic E-state index is 11.4. The van der Waals surface area contributed by atoms with E-state index in [-0.39, 0.29) is 39.9 Å². The summed E-state index contributed by atoms with van der Waals surface area (Å²) in [5.41, 5.74) is 15.1. The summed E-state index contributed by atoms with van der Waals surface area (Å²) in [6.07, 6.45) is 0. The first-order valence-electron chi connectivity index (χ1n) is 15.6. The predicted molar refractivity (Wildman–Crippen MR) is 197 cm³/mol. The second-order valence-corrected chi connectivity index (χ2v) is 15.6. The van der Waals surface area contributed by atoms with E-state index in [4.69, 9.17) is 11.5 Å². The highest BCUT2D eigenvalue weighted by Gasteiger charge is 2.30. The first kappa shape index (κ1) is 34.2. The Morgan fingerprint density at radius 3 is 1.69 bits per heavy atom.